The summed E-state index contributed by atoms with van der Waals surface area (Å²) in [7, 11) is 3.58. The molecule has 1 aliphatic rings. The second kappa shape index (κ2) is 6.58. The van der Waals surface area contributed by atoms with Crippen molar-refractivity contribution in [2.24, 2.45) is 5.92 Å². The smallest absolute Gasteiger partial charge is 0.416 e. The van der Waals surface area contributed by atoms with Crippen molar-refractivity contribution in [2.75, 3.05) is 19.0 Å². The lowest BCUT2D eigenvalue weighted by Crippen LogP contribution is -2.31. The Bertz CT molecular complexity index is 947. The summed E-state index contributed by atoms with van der Waals surface area (Å²) >= 11 is 0. The molecule has 0 aromatic heterocycles. The van der Waals surface area contributed by atoms with Crippen LogP contribution in [0.25, 0.3) is 0 Å². The van der Waals surface area contributed by atoms with Gasteiger partial charge in [0.2, 0.25) is 5.90 Å². The predicted molar refractivity (Wildman–Crippen MR) is 91.5 cm³/mol. The molecule has 2 unspecified atom stereocenters. The average Bonchev–Trinajstić information content (AvgIpc) is 2.59. The van der Waals surface area contributed by atoms with Gasteiger partial charge in [0.05, 0.1) is 11.6 Å². The first-order valence-corrected chi connectivity index (χ1v) is 7.97. The number of nitrogens with zero attached hydrogens (tertiary/aromatic N) is 2. The van der Waals surface area contributed by atoms with Crippen LogP contribution in [0.15, 0.2) is 36.4 Å². The summed E-state index contributed by atoms with van der Waals surface area (Å²) < 4.78 is 59.2. The van der Waals surface area contributed by atoms with E-state index in [1.54, 1.807) is 37.2 Å². The van der Waals surface area contributed by atoms with Crippen molar-refractivity contribution in [3.63, 3.8) is 0 Å². The van der Waals surface area contributed by atoms with Crippen LogP contribution < -0.4 is 9.64 Å². The van der Waals surface area contributed by atoms with Crippen molar-refractivity contribution in [3.05, 3.63) is 58.9 Å². The van der Waals surface area contributed by atoms with Crippen LogP contribution in [0.5, 0.6) is 5.75 Å². The largest absolute Gasteiger partial charge is 0.442 e. The van der Waals surface area contributed by atoms with Gasteiger partial charge in [-0.25, -0.2) is 4.39 Å². The third kappa shape index (κ3) is 3.33. The summed E-state index contributed by atoms with van der Waals surface area (Å²) in [6.07, 6.45) is -4.65. The van der Waals surface area contributed by atoms with Crippen LogP contribution in [0.4, 0.5) is 23.2 Å². The maximum Gasteiger partial charge on any atom is 0.416 e. The molecule has 8 heteroatoms. The number of ether oxygens (including phenoxy) is 1. The molecular weight excluding hydrogens is 362 g/mol. The molecule has 1 heterocycles. The number of anilines is 1. The normalized spacial score (nSPS) is 19.1. The summed E-state index contributed by atoms with van der Waals surface area (Å²) in [5.41, 5.74) is -0.204. The quantitative estimate of drug-likeness (QED) is 0.781. The van der Waals surface area contributed by atoms with Gasteiger partial charge in [-0.2, -0.15) is 18.4 Å². The van der Waals surface area contributed by atoms with E-state index in [4.69, 9.17) is 10.1 Å². The molecule has 0 radical (unpaired) electrons. The number of fused-ring (bicyclic) bond motifs is 1. The molecule has 0 aliphatic carbocycles. The van der Waals surface area contributed by atoms with Crippen LogP contribution in [0, 0.1) is 28.5 Å². The molecule has 0 saturated heterocycles. The lowest BCUT2D eigenvalue weighted by Gasteiger charge is -2.31. The molecule has 2 aromatic rings. The van der Waals surface area contributed by atoms with Crippen molar-refractivity contribution in [2.45, 2.75) is 12.1 Å². The molecule has 2 aromatic carbocycles. The van der Waals surface area contributed by atoms with E-state index in [2.05, 4.69) is 0 Å². The Morgan fingerprint density at radius 1 is 1.11 bits per heavy atom. The standard InChI is InChI=1S/C19H15F4N3O/c1-26(2)11-4-5-12-16(8-11)27-18(25)14(9-24)17(12)13-7-10(19(21,22)23)3-6-15(13)20/h3-8,14,17,25H,1-2H3. The zero-order chi connectivity index (χ0) is 19.9. The maximum absolute atomic E-state index is 14.5. The van der Waals surface area contributed by atoms with Gasteiger partial charge in [0.25, 0.3) is 0 Å². The molecule has 1 N–H and O–H groups in total. The number of hydrogen-bond acceptors (Lipinski definition) is 4. The Kier molecular flexibility index (Phi) is 4.56. The van der Waals surface area contributed by atoms with Crippen molar-refractivity contribution >= 4 is 11.6 Å². The number of alkyl halides is 3. The van der Waals surface area contributed by atoms with Gasteiger partial charge in [-0.3, -0.25) is 5.41 Å². The second-order valence-corrected chi connectivity index (χ2v) is 6.40. The van der Waals surface area contributed by atoms with Gasteiger partial charge in [0.15, 0.2) is 0 Å². The van der Waals surface area contributed by atoms with Crippen molar-refractivity contribution in [3.8, 4) is 11.8 Å². The van der Waals surface area contributed by atoms with Crippen molar-refractivity contribution in [1.29, 1.82) is 10.7 Å². The summed E-state index contributed by atoms with van der Waals surface area (Å²) in [5, 5.41) is 17.4. The van der Waals surface area contributed by atoms with E-state index in [1.807, 2.05) is 6.07 Å². The highest BCUT2D eigenvalue weighted by Crippen LogP contribution is 2.45. The minimum atomic E-state index is -4.65. The first-order valence-electron chi connectivity index (χ1n) is 7.97. The number of benzene rings is 2. The number of nitrogens with one attached hydrogen (secondary N) is 1. The fourth-order valence-electron chi connectivity index (χ4n) is 3.10. The van der Waals surface area contributed by atoms with Gasteiger partial charge in [-0.1, -0.05) is 6.07 Å². The van der Waals surface area contributed by atoms with E-state index in [-0.39, 0.29) is 11.3 Å². The summed E-state index contributed by atoms with van der Waals surface area (Å²) in [4.78, 5) is 1.78. The van der Waals surface area contributed by atoms with Gasteiger partial charge in [-0.15, -0.1) is 0 Å². The second-order valence-electron chi connectivity index (χ2n) is 6.40. The fourth-order valence-corrected chi connectivity index (χ4v) is 3.10. The van der Waals surface area contributed by atoms with Crippen LogP contribution >= 0.6 is 0 Å². The number of hydrogen-bond donors (Lipinski definition) is 1. The number of halogens is 4. The Morgan fingerprint density at radius 2 is 1.81 bits per heavy atom. The van der Waals surface area contributed by atoms with Crippen molar-refractivity contribution in [1.82, 2.24) is 0 Å². The molecule has 140 valence electrons. The third-order valence-corrected chi connectivity index (χ3v) is 4.48. The summed E-state index contributed by atoms with van der Waals surface area (Å²) in [5.74, 6) is -3.39. The number of nitriles is 1. The molecule has 27 heavy (non-hydrogen) atoms. The van der Waals surface area contributed by atoms with E-state index in [0.717, 1.165) is 11.8 Å². The molecule has 0 amide bonds. The van der Waals surface area contributed by atoms with Gasteiger partial charge in [0.1, 0.15) is 17.5 Å². The van der Waals surface area contributed by atoms with E-state index in [9.17, 15) is 22.8 Å². The van der Waals surface area contributed by atoms with Crippen LogP contribution in [0.3, 0.4) is 0 Å². The minimum Gasteiger partial charge on any atom is -0.442 e. The monoisotopic (exact) mass is 377 g/mol. The molecule has 0 saturated carbocycles. The molecule has 0 bridgehead atoms. The molecule has 0 fully saturated rings. The third-order valence-electron chi connectivity index (χ3n) is 4.48. The molecule has 2 atom stereocenters. The maximum atomic E-state index is 14.5. The zero-order valence-corrected chi connectivity index (χ0v) is 14.4. The van der Waals surface area contributed by atoms with Gasteiger partial charge < -0.3 is 9.64 Å². The topological polar surface area (TPSA) is 60.1 Å². The highest BCUT2D eigenvalue weighted by molar-refractivity contribution is 5.85. The average molecular weight is 377 g/mol. The molecule has 1 aliphatic heterocycles. The first kappa shape index (κ1) is 18.7. The van der Waals surface area contributed by atoms with Gasteiger partial charge >= 0.3 is 6.18 Å². The Morgan fingerprint density at radius 3 is 2.41 bits per heavy atom. The molecule has 3 rings (SSSR count). The molecule has 4 nitrogen and oxygen atoms in total. The fraction of sp³-hybridized carbons (Fsp3) is 0.263. The Hall–Kier alpha value is -3.08. The van der Waals surface area contributed by atoms with Gasteiger partial charge in [0, 0.05) is 37.3 Å². The van der Waals surface area contributed by atoms with E-state index >= 15 is 0 Å². The van der Waals surface area contributed by atoms with Gasteiger partial charge in [-0.05, 0) is 29.8 Å². The van der Waals surface area contributed by atoms with Crippen LogP contribution in [-0.2, 0) is 6.18 Å². The Balaban J connectivity index is 2.22. The zero-order valence-electron chi connectivity index (χ0n) is 14.4. The van der Waals surface area contributed by atoms with Crippen LogP contribution in [-0.4, -0.2) is 20.0 Å². The minimum absolute atomic E-state index is 0.222. The summed E-state index contributed by atoms with van der Waals surface area (Å²) in [6.45, 7) is 0. The summed E-state index contributed by atoms with van der Waals surface area (Å²) in [6, 6.07) is 8.84. The van der Waals surface area contributed by atoms with E-state index in [1.165, 1.54) is 0 Å². The molecule has 0 spiro atoms. The SMILES string of the molecule is CN(C)c1ccc2c(c1)OC(=N)C(C#N)C2c1cc(C(F)(F)F)ccc1F. The first-order chi connectivity index (χ1) is 12.6. The van der Waals surface area contributed by atoms with Crippen LogP contribution in [0.1, 0.15) is 22.6 Å². The highest BCUT2D eigenvalue weighted by Gasteiger charge is 2.40. The lowest BCUT2D eigenvalue weighted by atomic mass is 9.78. The highest BCUT2D eigenvalue weighted by atomic mass is 19.4. The number of rotatable bonds is 2. The van der Waals surface area contributed by atoms with Crippen molar-refractivity contribution < 1.29 is 22.3 Å². The van der Waals surface area contributed by atoms with Crippen LogP contribution in [0.2, 0.25) is 0 Å². The predicted octanol–water partition coefficient (Wildman–Crippen LogP) is 4.55. The Labute approximate surface area is 153 Å². The molecular formula is C19H15F4N3O. The lowest BCUT2D eigenvalue weighted by molar-refractivity contribution is -0.137. The van der Waals surface area contributed by atoms with E-state index in [0.29, 0.717) is 17.7 Å². The van der Waals surface area contributed by atoms with E-state index < -0.39 is 35.3 Å².